The molecule has 0 saturated heterocycles. The average molecular weight is 1160 g/mol. The first-order chi connectivity index (χ1) is 38.1. The molecule has 1 radical (unpaired) electrons. The van der Waals surface area contributed by atoms with Crippen LogP contribution in [0.5, 0.6) is 0 Å². The summed E-state index contributed by atoms with van der Waals surface area (Å²) in [6, 6.07) is 46.3. The Balaban J connectivity index is 0.000000302. The van der Waals surface area contributed by atoms with Crippen molar-refractivity contribution in [2.24, 2.45) is 0 Å². The SMILES string of the molecule is [2H]C([2H])([2H])c1c[c-]c(-c2nc3ccccc3n2-c2c(C(C)C)cc(-c3ccccc3)cc2C(C)C)c2oc3nc(-c4cc(C(C)(C)C)cc(C(C)(C)C)c4)ccc3c12.[2H]C([2H])([2H])c1c[c-]c(-c2ncc(C([2H])([2H])[2H])c(C(C)(C)C)n2)cc1.[Ir]. The molecule has 0 fully saturated rings. The van der Waals surface area contributed by atoms with E-state index in [0.29, 0.717) is 50.5 Å². The van der Waals surface area contributed by atoms with Crippen LogP contribution in [0, 0.1) is 32.7 Å². The summed E-state index contributed by atoms with van der Waals surface area (Å²) in [5.41, 5.74) is 13.9. The molecule has 6 aromatic carbocycles. The number of benzene rings is 6. The number of aryl methyl sites for hydroxylation is 3. The van der Waals surface area contributed by atoms with Gasteiger partial charge in [-0.25, -0.2) is 4.98 Å². The van der Waals surface area contributed by atoms with Gasteiger partial charge in [0.25, 0.3) is 0 Å². The Morgan fingerprint density at radius 1 is 0.608 bits per heavy atom. The van der Waals surface area contributed by atoms with Gasteiger partial charge >= 0.3 is 0 Å². The summed E-state index contributed by atoms with van der Waals surface area (Å²) >= 11 is 0. The van der Waals surface area contributed by atoms with Crippen molar-refractivity contribution in [3.63, 3.8) is 0 Å². The van der Waals surface area contributed by atoms with Gasteiger partial charge in [-0.2, -0.15) is 0 Å². The van der Waals surface area contributed by atoms with E-state index < -0.39 is 26.0 Å². The van der Waals surface area contributed by atoms with Gasteiger partial charge in [-0.05, 0) is 117 Å². The fourth-order valence-electron chi connectivity index (χ4n) is 9.36. The van der Waals surface area contributed by atoms with Crippen molar-refractivity contribution >= 4 is 33.1 Å². The van der Waals surface area contributed by atoms with Crippen molar-refractivity contribution in [2.45, 2.75) is 139 Å². The fraction of sp³-hybridized carbons (Fsp3) is 0.313. The zero-order chi connectivity index (χ0) is 59.8. The Kier molecular flexibility index (Phi) is 11.9. The number of imidazole rings is 1. The zero-order valence-corrected chi connectivity index (χ0v) is 47.2. The van der Waals surface area contributed by atoms with Gasteiger partial charge in [0.2, 0.25) is 5.71 Å². The van der Waals surface area contributed by atoms with Crippen LogP contribution in [-0.4, -0.2) is 24.5 Å². The number of fused-ring (bicyclic) bond motifs is 4. The second kappa shape index (κ2) is 20.6. The topological polar surface area (TPSA) is 69.6 Å². The normalized spacial score (nSPS) is 14.5. The number of aromatic nitrogens is 5. The third-order valence-electron chi connectivity index (χ3n) is 13.5. The predicted molar refractivity (Wildman–Crippen MR) is 306 cm³/mol. The summed E-state index contributed by atoms with van der Waals surface area (Å²) in [6.45, 7) is 21.0. The van der Waals surface area contributed by atoms with Crippen molar-refractivity contribution in [2.75, 3.05) is 0 Å². The molecule has 7 heteroatoms. The Hall–Kier alpha value is -6.53. The van der Waals surface area contributed by atoms with Crippen LogP contribution >= 0.6 is 0 Å². The van der Waals surface area contributed by atoms with E-state index in [1.165, 1.54) is 46.1 Å². The molecule has 6 nitrogen and oxygen atoms in total. The molecule has 0 saturated carbocycles. The number of furan rings is 1. The molecule has 0 spiro atoms. The van der Waals surface area contributed by atoms with Crippen molar-refractivity contribution in [3.05, 3.63) is 184 Å². The summed E-state index contributed by atoms with van der Waals surface area (Å²) < 4.78 is 80.0. The number of hydrogen-bond donors (Lipinski definition) is 0. The molecule has 4 heterocycles. The Labute approximate surface area is 466 Å². The second-order valence-corrected chi connectivity index (χ2v) is 22.9. The monoisotopic (exact) mass is 1160 g/mol. The average Bonchev–Trinajstić information content (AvgIpc) is 4.24. The maximum Gasteiger partial charge on any atom is 0.216 e. The number of pyridine rings is 1. The molecule has 0 bridgehead atoms. The molecule has 0 aliphatic rings. The molecule has 0 N–H and O–H groups in total. The summed E-state index contributed by atoms with van der Waals surface area (Å²) in [4.78, 5) is 19.0. The van der Waals surface area contributed by atoms with E-state index in [1.54, 1.807) is 12.1 Å². The van der Waals surface area contributed by atoms with E-state index >= 15 is 0 Å². The summed E-state index contributed by atoms with van der Waals surface area (Å²) in [5.74, 6) is 1.31. The van der Waals surface area contributed by atoms with E-state index in [1.807, 2.05) is 57.2 Å². The van der Waals surface area contributed by atoms with Gasteiger partial charge in [0, 0.05) is 66.4 Å². The number of rotatable bonds is 7. The maximum absolute atomic E-state index is 8.62. The molecule has 381 valence electrons. The van der Waals surface area contributed by atoms with Gasteiger partial charge in [-0.15, -0.1) is 53.1 Å². The van der Waals surface area contributed by atoms with Crippen LogP contribution in [0.2, 0.25) is 0 Å². The van der Waals surface area contributed by atoms with Crippen molar-refractivity contribution in [1.82, 2.24) is 24.5 Å². The minimum Gasteiger partial charge on any atom is -0.486 e. The number of para-hydroxylation sites is 2. The Morgan fingerprint density at radius 2 is 1.27 bits per heavy atom. The minimum absolute atomic E-state index is 0. The van der Waals surface area contributed by atoms with Crippen LogP contribution in [0.3, 0.4) is 0 Å². The first-order valence-electron chi connectivity index (χ1n) is 29.7. The second-order valence-electron chi connectivity index (χ2n) is 22.9. The van der Waals surface area contributed by atoms with Crippen molar-refractivity contribution in [3.8, 4) is 50.8 Å². The van der Waals surface area contributed by atoms with Gasteiger partial charge in [0.15, 0.2) is 0 Å². The van der Waals surface area contributed by atoms with E-state index in [4.69, 9.17) is 26.7 Å². The van der Waals surface area contributed by atoms with Gasteiger partial charge in [-0.1, -0.05) is 163 Å². The van der Waals surface area contributed by atoms with Crippen LogP contribution in [0.25, 0.3) is 83.9 Å². The van der Waals surface area contributed by atoms with Crippen molar-refractivity contribution in [1.29, 1.82) is 0 Å². The van der Waals surface area contributed by atoms with Crippen LogP contribution in [0.15, 0.2) is 132 Å². The third-order valence-corrected chi connectivity index (χ3v) is 13.5. The predicted octanol–water partition coefficient (Wildman–Crippen LogP) is 18.1. The summed E-state index contributed by atoms with van der Waals surface area (Å²) in [7, 11) is 0. The molecule has 4 aromatic heterocycles. The smallest absolute Gasteiger partial charge is 0.216 e. The van der Waals surface area contributed by atoms with Gasteiger partial charge in [-0.3, -0.25) is 15.0 Å². The first kappa shape index (κ1) is 42.8. The molecular formula is C67H71IrN5O-2. The molecule has 0 aliphatic carbocycles. The van der Waals surface area contributed by atoms with Crippen LogP contribution in [0.4, 0.5) is 0 Å². The molecule has 0 unspecified atom stereocenters. The zero-order valence-electron chi connectivity index (χ0n) is 53.8. The van der Waals surface area contributed by atoms with Gasteiger partial charge in [0.1, 0.15) is 0 Å². The number of nitrogens with zero attached hydrogens (tertiary/aromatic N) is 5. The van der Waals surface area contributed by atoms with E-state index in [0.717, 1.165) is 33.5 Å². The van der Waals surface area contributed by atoms with Gasteiger partial charge < -0.3 is 8.98 Å². The molecule has 10 rings (SSSR count). The van der Waals surface area contributed by atoms with E-state index in [9.17, 15) is 0 Å². The van der Waals surface area contributed by atoms with Gasteiger partial charge in [0.05, 0.1) is 34.0 Å². The fourth-order valence-corrected chi connectivity index (χ4v) is 9.36. The molecule has 0 aliphatic heterocycles. The van der Waals surface area contributed by atoms with E-state index in [2.05, 4.69) is 157 Å². The van der Waals surface area contributed by atoms with Crippen LogP contribution in [0.1, 0.15) is 159 Å². The quantitative estimate of drug-likeness (QED) is 0.149. The Bertz CT molecular complexity index is 3940. The van der Waals surface area contributed by atoms with Crippen molar-refractivity contribution < 1.29 is 36.9 Å². The molecule has 0 atom stereocenters. The molecule has 74 heavy (non-hydrogen) atoms. The van der Waals surface area contributed by atoms with E-state index in [-0.39, 0.29) is 59.5 Å². The minimum atomic E-state index is -2.42. The third kappa shape index (κ3) is 10.7. The summed E-state index contributed by atoms with van der Waals surface area (Å²) in [6.07, 6.45) is 1.32. The van der Waals surface area contributed by atoms with Crippen LogP contribution < -0.4 is 0 Å². The molecule has 0 amide bonds. The number of hydrogen-bond acceptors (Lipinski definition) is 5. The summed E-state index contributed by atoms with van der Waals surface area (Å²) in [5, 5.41) is 1.15. The largest absolute Gasteiger partial charge is 0.486 e. The first-order valence-corrected chi connectivity index (χ1v) is 25.2. The maximum atomic E-state index is 8.62. The standard InChI is InChI=1S/C51H52N3O.C16H19N2.Ir/c1-30(2)40-27-34(33-17-13-12-14-18-33)28-41(31(3)4)46(40)54-44-20-16-15-19-43(44)52-48(54)39-22-21-32(5)45-38-23-24-42(53-49(38)55-47(39)45)35-25-36(50(6,7)8)29-37(26-35)51(9,10)11;1-11-6-8-13(9-7-11)15-17-10-12(2)14(18-15)16(3,4)5;/h12-21,23-31H,1-11H3;6-8,10H,1-5H3;/q2*-1;/i5D3;1D3,2D3;. The van der Waals surface area contributed by atoms with Crippen LogP contribution in [-0.2, 0) is 36.4 Å². The molecular weight excluding hydrogens is 1080 g/mol. The Morgan fingerprint density at radius 3 is 1.86 bits per heavy atom. The molecule has 10 aromatic rings.